The third-order valence-corrected chi connectivity index (χ3v) is 4.63. The monoisotopic (exact) mass is 400 g/mol. The van der Waals surface area contributed by atoms with Gasteiger partial charge in [-0.2, -0.15) is 0 Å². The van der Waals surface area contributed by atoms with Gasteiger partial charge in [0.1, 0.15) is 0 Å². The summed E-state index contributed by atoms with van der Waals surface area (Å²) in [7, 11) is 3.33. The molecule has 0 saturated heterocycles. The maximum absolute atomic E-state index is 12.1. The summed E-state index contributed by atoms with van der Waals surface area (Å²) in [4.78, 5) is 30.4. The highest BCUT2D eigenvalue weighted by molar-refractivity contribution is 7.12. The number of amides is 1. The summed E-state index contributed by atoms with van der Waals surface area (Å²) in [6.07, 6.45) is 1.63. The highest BCUT2D eigenvalue weighted by Gasteiger charge is 2.24. The minimum Gasteiger partial charge on any atom is -0.490 e. The highest BCUT2D eigenvalue weighted by atomic mass is 32.1. The van der Waals surface area contributed by atoms with Crippen LogP contribution in [0.4, 0.5) is 0 Å². The van der Waals surface area contributed by atoms with Crippen molar-refractivity contribution in [2.24, 2.45) is 4.99 Å². The summed E-state index contributed by atoms with van der Waals surface area (Å²) < 4.78 is 16.4. The number of hydrogen-bond donors (Lipinski definition) is 0. The Morgan fingerprint density at radius 1 is 1.25 bits per heavy atom. The third kappa shape index (κ3) is 4.58. The van der Waals surface area contributed by atoms with Gasteiger partial charge in [-0.1, -0.05) is 12.1 Å². The van der Waals surface area contributed by atoms with Crippen LogP contribution >= 0.6 is 11.3 Å². The number of ether oxygens (including phenoxy) is 3. The van der Waals surface area contributed by atoms with Gasteiger partial charge in [-0.15, -0.1) is 11.3 Å². The van der Waals surface area contributed by atoms with Crippen LogP contribution in [0.15, 0.2) is 46.4 Å². The van der Waals surface area contributed by atoms with Crippen LogP contribution in [0.1, 0.15) is 17.4 Å². The fraction of sp³-hybridized carbons (Fsp3) is 0.250. The van der Waals surface area contributed by atoms with Crippen LogP contribution in [0.2, 0.25) is 0 Å². The van der Waals surface area contributed by atoms with E-state index in [4.69, 9.17) is 14.2 Å². The molecule has 0 saturated carbocycles. The Morgan fingerprint density at radius 3 is 2.75 bits per heavy atom. The summed E-state index contributed by atoms with van der Waals surface area (Å²) in [6.45, 7) is 2.20. The number of cyclic esters (lactones) is 1. The molecule has 0 fully saturated rings. The van der Waals surface area contributed by atoms with E-state index in [1.165, 1.54) is 16.2 Å². The summed E-state index contributed by atoms with van der Waals surface area (Å²) in [5.74, 6) is 0.586. The zero-order valence-electron chi connectivity index (χ0n) is 15.8. The number of hydrogen-bond acceptors (Lipinski definition) is 7. The number of rotatable bonds is 7. The number of benzene rings is 1. The first-order valence-electron chi connectivity index (χ1n) is 8.64. The molecule has 1 aromatic heterocycles. The van der Waals surface area contributed by atoms with Gasteiger partial charge in [0.2, 0.25) is 5.90 Å². The minimum absolute atomic E-state index is 0.0890. The molecule has 28 heavy (non-hydrogen) atoms. The second-order valence-electron chi connectivity index (χ2n) is 6.03. The zero-order valence-corrected chi connectivity index (χ0v) is 16.6. The van der Waals surface area contributed by atoms with Crippen LogP contribution in [-0.2, 0) is 14.3 Å². The second kappa shape index (κ2) is 8.71. The maximum atomic E-state index is 12.1. The van der Waals surface area contributed by atoms with Crippen molar-refractivity contribution in [2.75, 3.05) is 27.3 Å². The Hall–Kier alpha value is -3.13. The zero-order chi connectivity index (χ0) is 20.1. The van der Waals surface area contributed by atoms with Crippen molar-refractivity contribution in [2.45, 2.75) is 6.92 Å². The van der Waals surface area contributed by atoms with Crippen molar-refractivity contribution in [3.63, 3.8) is 0 Å². The summed E-state index contributed by atoms with van der Waals surface area (Å²) >= 11 is 1.45. The van der Waals surface area contributed by atoms with E-state index in [2.05, 4.69) is 4.99 Å². The van der Waals surface area contributed by atoms with Gasteiger partial charge in [-0.3, -0.25) is 4.79 Å². The van der Waals surface area contributed by atoms with E-state index in [0.29, 0.717) is 29.6 Å². The number of thiophene rings is 1. The average molecular weight is 400 g/mol. The first kappa shape index (κ1) is 19.6. The summed E-state index contributed by atoms with van der Waals surface area (Å²) in [5, 5.41) is 1.89. The number of nitrogens with zero attached hydrogens (tertiary/aromatic N) is 2. The molecule has 0 spiro atoms. The molecule has 0 radical (unpaired) electrons. The Morgan fingerprint density at radius 2 is 2.07 bits per heavy atom. The van der Waals surface area contributed by atoms with Crippen LogP contribution in [0.5, 0.6) is 11.5 Å². The fourth-order valence-electron chi connectivity index (χ4n) is 2.34. The predicted molar refractivity (Wildman–Crippen MR) is 107 cm³/mol. The molecule has 7 nitrogen and oxygen atoms in total. The van der Waals surface area contributed by atoms with Crippen LogP contribution in [0.3, 0.4) is 0 Å². The molecule has 0 bridgehead atoms. The van der Waals surface area contributed by atoms with Crippen LogP contribution in [-0.4, -0.2) is 50.0 Å². The largest absolute Gasteiger partial charge is 0.490 e. The van der Waals surface area contributed by atoms with Gasteiger partial charge in [0.05, 0.1) is 11.5 Å². The second-order valence-corrected chi connectivity index (χ2v) is 6.98. The van der Waals surface area contributed by atoms with Crippen molar-refractivity contribution in [1.29, 1.82) is 0 Å². The minimum atomic E-state index is -0.502. The first-order valence-corrected chi connectivity index (χ1v) is 9.52. The number of likely N-dealkylation sites (N-methyl/N-ethyl adjacent to an activating group) is 1. The van der Waals surface area contributed by atoms with Gasteiger partial charge in [0.25, 0.3) is 5.91 Å². The molecule has 0 atom stereocenters. The first-order chi connectivity index (χ1) is 13.5. The highest BCUT2D eigenvalue weighted by Crippen LogP contribution is 2.30. The summed E-state index contributed by atoms with van der Waals surface area (Å²) in [5.41, 5.74) is 0.917. The van der Waals surface area contributed by atoms with Gasteiger partial charge < -0.3 is 19.1 Å². The smallest absolute Gasteiger partial charge is 0.363 e. The van der Waals surface area contributed by atoms with Gasteiger partial charge in [0, 0.05) is 14.1 Å². The normalized spacial score (nSPS) is 14.6. The number of carbonyl (C=O) groups is 2. The Balaban J connectivity index is 1.82. The quantitative estimate of drug-likeness (QED) is 0.528. The molecule has 3 rings (SSSR count). The molecule has 146 valence electrons. The molecular weight excluding hydrogens is 380 g/mol. The fourth-order valence-corrected chi connectivity index (χ4v) is 2.99. The molecule has 1 aromatic carbocycles. The van der Waals surface area contributed by atoms with Crippen molar-refractivity contribution in [3.05, 3.63) is 51.8 Å². The number of carbonyl (C=O) groups excluding carboxylic acids is 2. The Bertz CT molecular complexity index is 932. The van der Waals surface area contributed by atoms with Crippen molar-refractivity contribution < 1.29 is 23.8 Å². The SMILES string of the molecule is CCOc1cc(/C=C2\N=C(c3cccs3)OC2=O)ccc1OCC(=O)N(C)C. The molecule has 1 aliphatic heterocycles. The molecule has 8 heteroatoms. The third-order valence-electron chi connectivity index (χ3n) is 3.77. The molecule has 1 amide bonds. The van der Waals surface area contributed by atoms with Gasteiger partial charge >= 0.3 is 5.97 Å². The molecule has 0 aliphatic carbocycles. The lowest BCUT2D eigenvalue weighted by molar-refractivity contribution is -0.131. The lowest BCUT2D eigenvalue weighted by Crippen LogP contribution is -2.27. The van der Waals surface area contributed by atoms with Gasteiger partial charge in [-0.05, 0) is 42.1 Å². The van der Waals surface area contributed by atoms with E-state index in [1.807, 2.05) is 24.4 Å². The van der Waals surface area contributed by atoms with Crippen LogP contribution in [0.25, 0.3) is 6.08 Å². The maximum Gasteiger partial charge on any atom is 0.363 e. The lowest BCUT2D eigenvalue weighted by atomic mass is 10.1. The molecule has 1 aliphatic rings. The van der Waals surface area contributed by atoms with E-state index >= 15 is 0 Å². The van der Waals surface area contributed by atoms with Crippen LogP contribution in [0, 0.1) is 0 Å². The summed E-state index contributed by atoms with van der Waals surface area (Å²) in [6, 6.07) is 8.90. The van der Waals surface area contributed by atoms with Gasteiger partial charge in [0.15, 0.2) is 23.8 Å². The molecule has 0 unspecified atom stereocenters. The standard InChI is InChI=1S/C20H20N2O5S/c1-4-25-16-11-13(7-8-15(16)26-12-18(23)22(2)3)10-14-20(24)27-19(21-14)17-6-5-9-28-17/h5-11H,4,12H2,1-3H3/b14-10-. The van der Waals surface area contributed by atoms with Crippen LogP contribution < -0.4 is 9.47 Å². The van der Waals surface area contributed by atoms with E-state index < -0.39 is 5.97 Å². The van der Waals surface area contributed by atoms with E-state index in [-0.39, 0.29) is 18.2 Å². The number of esters is 1. The van der Waals surface area contributed by atoms with E-state index in [1.54, 1.807) is 38.4 Å². The lowest BCUT2D eigenvalue weighted by Gasteiger charge is -2.14. The molecule has 2 aromatic rings. The van der Waals surface area contributed by atoms with Crippen molar-refractivity contribution in [3.8, 4) is 11.5 Å². The van der Waals surface area contributed by atoms with E-state index in [0.717, 1.165) is 4.88 Å². The topological polar surface area (TPSA) is 77.4 Å². The molecule has 0 N–H and O–H groups in total. The van der Waals surface area contributed by atoms with Crippen molar-refractivity contribution in [1.82, 2.24) is 4.90 Å². The predicted octanol–water partition coefficient (Wildman–Crippen LogP) is 2.96. The van der Waals surface area contributed by atoms with Gasteiger partial charge in [-0.25, -0.2) is 9.79 Å². The Kier molecular flexibility index (Phi) is 6.10. The number of aliphatic imine (C=N–C) groups is 1. The Labute approximate surface area is 166 Å². The van der Waals surface area contributed by atoms with E-state index in [9.17, 15) is 9.59 Å². The average Bonchev–Trinajstić information content (AvgIpc) is 3.31. The van der Waals surface area contributed by atoms with Crippen molar-refractivity contribution >= 4 is 35.2 Å². The molecular formula is C20H20N2O5S. The molecule has 2 heterocycles.